The Hall–Kier alpha value is -2.00. The highest BCUT2D eigenvalue weighted by atomic mass is 16.7. The molecule has 0 spiro atoms. The number of aliphatic hydroxyl groups is 1. The first-order valence-corrected chi connectivity index (χ1v) is 7.49. The summed E-state index contributed by atoms with van der Waals surface area (Å²) in [5, 5.41) is 10.6. The zero-order chi connectivity index (χ0) is 14.2. The summed E-state index contributed by atoms with van der Waals surface area (Å²) in [6.45, 7) is 0.256. The Labute approximate surface area is 124 Å². The first-order valence-electron chi connectivity index (χ1n) is 7.49. The summed E-state index contributed by atoms with van der Waals surface area (Å²) in [6.07, 6.45) is 3.23. The molecule has 1 heterocycles. The number of aliphatic hydroxyl groups excluding tert-OH is 1. The fraction of sp³-hybridized carbons (Fsp3) is 0.333. The SMILES string of the molecule is OC(c1cccc(C2CCC2)c1)c1ccc2c(c1)OCO2. The number of fused-ring (bicyclic) bond motifs is 1. The fourth-order valence-corrected chi connectivity index (χ4v) is 3.00. The quantitative estimate of drug-likeness (QED) is 0.931. The van der Waals surface area contributed by atoms with Crippen LogP contribution in [0.5, 0.6) is 11.5 Å². The molecular formula is C18H18O3. The second kappa shape index (κ2) is 5.08. The van der Waals surface area contributed by atoms with Gasteiger partial charge < -0.3 is 14.6 Å². The predicted octanol–water partition coefficient (Wildman–Crippen LogP) is 3.76. The van der Waals surface area contributed by atoms with Gasteiger partial charge in [0.25, 0.3) is 0 Å². The highest BCUT2D eigenvalue weighted by Gasteiger charge is 2.21. The largest absolute Gasteiger partial charge is 0.454 e. The second-order valence-corrected chi connectivity index (χ2v) is 5.81. The maximum Gasteiger partial charge on any atom is 0.231 e. The number of ether oxygens (including phenoxy) is 2. The lowest BCUT2D eigenvalue weighted by Crippen LogP contribution is -2.09. The topological polar surface area (TPSA) is 38.7 Å². The van der Waals surface area contributed by atoms with Gasteiger partial charge in [0.2, 0.25) is 6.79 Å². The Bertz CT molecular complexity index is 661. The van der Waals surface area contributed by atoms with E-state index in [-0.39, 0.29) is 6.79 Å². The molecule has 0 saturated heterocycles. The van der Waals surface area contributed by atoms with Crippen molar-refractivity contribution >= 4 is 0 Å². The normalized spacial score (nSPS) is 18.3. The minimum Gasteiger partial charge on any atom is -0.454 e. The van der Waals surface area contributed by atoms with E-state index in [9.17, 15) is 5.11 Å². The van der Waals surface area contributed by atoms with Crippen molar-refractivity contribution in [3.8, 4) is 11.5 Å². The lowest BCUT2D eigenvalue weighted by atomic mass is 9.79. The summed E-state index contributed by atoms with van der Waals surface area (Å²) in [7, 11) is 0. The molecule has 1 fully saturated rings. The molecule has 0 radical (unpaired) electrons. The van der Waals surface area contributed by atoms with E-state index in [0.717, 1.165) is 16.9 Å². The molecule has 2 aromatic rings. The van der Waals surface area contributed by atoms with Gasteiger partial charge in [-0.2, -0.15) is 0 Å². The minimum absolute atomic E-state index is 0.256. The van der Waals surface area contributed by atoms with Crippen LogP contribution in [-0.2, 0) is 0 Å². The van der Waals surface area contributed by atoms with Crippen molar-refractivity contribution < 1.29 is 14.6 Å². The van der Waals surface area contributed by atoms with Gasteiger partial charge in [0.15, 0.2) is 11.5 Å². The molecular weight excluding hydrogens is 264 g/mol. The van der Waals surface area contributed by atoms with Gasteiger partial charge in [0.1, 0.15) is 6.10 Å². The van der Waals surface area contributed by atoms with Crippen molar-refractivity contribution in [2.45, 2.75) is 31.3 Å². The maximum absolute atomic E-state index is 10.6. The lowest BCUT2D eigenvalue weighted by Gasteiger charge is -2.26. The highest BCUT2D eigenvalue weighted by molar-refractivity contribution is 5.47. The van der Waals surface area contributed by atoms with E-state index in [1.54, 1.807) is 0 Å². The molecule has 0 aromatic heterocycles. The van der Waals surface area contributed by atoms with Crippen LogP contribution >= 0.6 is 0 Å². The highest BCUT2D eigenvalue weighted by Crippen LogP contribution is 2.39. The van der Waals surface area contributed by atoms with Gasteiger partial charge in [-0.1, -0.05) is 36.8 Å². The van der Waals surface area contributed by atoms with Crippen molar-refractivity contribution in [1.29, 1.82) is 0 Å². The molecule has 21 heavy (non-hydrogen) atoms. The van der Waals surface area contributed by atoms with Crippen molar-refractivity contribution in [2.75, 3.05) is 6.79 Å². The van der Waals surface area contributed by atoms with Crippen LogP contribution in [-0.4, -0.2) is 11.9 Å². The molecule has 1 N–H and O–H groups in total. The van der Waals surface area contributed by atoms with E-state index in [4.69, 9.17) is 9.47 Å². The molecule has 1 aliphatic heterocycles. The zero-order valence-electron chi connectivity index (χ0n) is 11.8. The first-order chi connectivity index (χ1) is 10.3. The third kappa shape index (κ3) is 2.28. The van der Waals surface area contributed by atoms with Crippen LogP contribution in [0.3, 0.4) is 0 Å². The second-order valence-electron chi connectivity index (χ2n) is 5.81. The van der Waals surface area contributed by atoms with Gasteiger partial charge in [0.05, 0.1) is 0 Å². The first kappa shape index (κ1) is 12.7. The number of benzene rings is 2. The fourth-order valence-electron chi connectivity index (χ4n) is 3.00. The Morgan fingerprint density at radius 1 is 0.952 bits per heavy atom. The van der Waals surface area contributed by atoms with Gasteiger partial charge in [0, 0.05) is 0 Å². The van der Waals surface area contributed by atoms with Crippen molar-refractivity contribution in [2.24, 2.45) is 0 Å². The standard InChI is InChI=1S/C18H18O3/c19-18(15-7-8-16-17(10-15)21-11-20-16)14-6-2-5-13(9-14)12-3-1-4-12/h2,5-10,12,18-19H,1,3-4,11H2. The van der Waals surface area contributed by atoms with E-state index in [1.807, 2.05) is 30.3 Å². The van der Waals surface area contributed by atoms with Crippen LogP contribution in [0.2, 0.25) is 0 Å². The van der Waals surface area contributed by atoms with E-state index < -0.39 is 6.10 Å². The van der Waals surface area contributed by atoms with Crippen LogP contribution in [0.25, 0.3) is 0 Å². The van der Waals surface area contributed by atoms with Gasteiger partial charge in [-0.3, -0.25) is 0 Å². The average Bonchev–Trinajstić information content (AvgIpc) is 2.92. The third-order valence-corrected chi connectivity index (χ3v) is 4.52. The van der Waals surface area contributed by atoms with Crippen LogP contribution in [0, 0.1) is 0 Å². The number of rotatable bonds is 3. The monoisotopic (exact) mass is 282 g/mol. The van der Waals surface area contributed by atoms with Crippen LogP contribution in [0.4, 0.5) is 0 Å². The van der Waals surface area contributed by atoms with Crippen molar-refractivity contribution in [3.63, 3.8) is 0 Å². The Morgan fingerprint density at radius 3 is 2.57 bits per heavy atom. The van der Waals surface area contributed by atoms with E-state index in [1.165, 1.54) is 24.8 Å². The molecule has 4 rings (SSSR count). The smallest absolute Gasteiger partial charge is 0.231 e. The Balaban J connectivity index is 1.63. The number of hydrogen-bond acceptors (Lipinski definition) is 3. The van der Waals surface area contributed by atoms with E-state index >= 15 is 0 Å². The predicted molar refractivity (Wildman–Crippen MR) is 79.7 cm³/mol. The van der Waals surface area contributed by atoms with Gasteiger partial charge in [-0.25, -0.2) is 0 Å². The summed E-state index contributed by atoms with van der Waals surface area (Å²) in [4.78, 5) is 0. The Kier molecular flexibility index (Phi) is 3.08. The number of hydrogen-bond donors (Lipinski definition) is 1. The molecule has 0 amide bonds. The van der Waals surface area contributed by atoms with Crippen molar-refractivity contribution in [3.05, 3.63) is 59.2 Å². The molecule has 0 bridgehead atoms. The third-order valence-electron chi connectivity index (χ3n) is 4.52. The van der Waals surface area contributed by atoms with Crippen LogP contribution in [0.1, 0.15) is 48.0 Å². The van der Waals surface area contributed by atoms with Crippen molar-refractivity contribution in [1.82, 2.24) is 0 Å². The molecule has 2 aliphatic rings. The molecule has 1 saturated carbocycles. The summed E-state index contributed by atoms with van der Waals surface area (Å²) in [5.74, 6) is 2.13. The van der Waals surface area contributed by atoms with E-state index in [0.29, 0.717) is 11.7 Å². The van der Waals surface area contributed by atoms with Gasteiger partial charge in [-0.05, 0) is 47.6 Å². The van der Waals surface area contributed by atoms with Gasteiger partial charge >= 0.3 is 0 Å². The molecule has 3 heteroatoms. The minimum atomic E-state index is -0.625. The summed E-state index contributed by atoms with van der Waals surface area (Å²) in [5.41, 5.74) is 3.13. The summed E-state index contributed by atoms with van der Waals surface area (Å²) < 4.78 is 10.7. The van der Waals surface area contributed by atoms with Crippen LogP contribution in [0.15, 0.2) is 42.5 Å². The molecule has 2 aromatic carbocycles. The molecule has 1 atom stereocenters. The summed E-state index contributed by atoms with van der Waals surface area (Å²) >= 11 is 0. The van der Waals surface area contributed by atoms with Gasteiger partial charge in [-0.15, -0.1) is 0 Å². The van der Waals surface area contributed by atoms with E-state index in [2.05, 4.69) is 12.1 Å². The molecule has 1 unspecified atom stereocenters. The summed E-state index contributed by atoms with van der Waals surface area (Å²) in [6, 6.07) is 13.9. The molecule has 108 valence electrons. The van der Waals surface area contributed by atoms with Crippen LogP contribution < -0.4 is 9.47 Å². The Morgan fingerprint density at radius 2 is 1.76 bits per heavy atom. The molecule has 1 aliphatic carbocycles. The maximum atomic E-state index is 10.6. The zero-order valence-corrected chi connectivity index (χ0v) is 11.8. The molecule has 3 nitrogen and oxygen atoms in total. The lowest BCUT2D eigenvalue weighted by molar-refractivity contribution is 0.173. The average molecular weight is 282 g/mol.